The van der Waals surface area contributed by atoms with Crippen LogP contribution in [0.25, 0.3) is 6.08 Å². The summed E-state index contributed by atoms with van der Waals surface area (Å²) >= 11 is 6.35. The predicted molar refractivity (Wildman–Crippen MR) is 104 cm³/mol. The van der Waals surface area contributed by atoms with E-state index < -0.39 is 0 Å². The van der Waals surface area contributed by atoms with Crippen LogP contribution in [0.5, 0.6) is 23.0 Å². The molecule has 6 heteroatoms. The Labute approximate surface area is 163 Å². The molecule has 3 rings (SSSR count). The average Bonchev–Trinajstić information content (AvgIpc) is 3.13. The molecule has 0 N–H and O–H groups in total. The predicted octanol–water partition coefficient (Wildman–Crippen LogP) is 5.15. The Balaban J connectivity index is 1.80. The van der Waals surface area contributed by atoms with E-state index in [1.165, 1.54) is 6.08 Å². The van der Waals surface area contributed by atoms with Gasteiger partial charge in [-0.2, -0.15) is 0 Å². The van der Waals surface area contributed by atoms with Crippen molar-refractivity contribution in [1.29, 1.82) is 0 Å². The Hall–Kier alpha value is -2.66. The molecule has 1 aliphatic heterocycles. The third-order valence-electron chi connectivity index (χ3n) is 3.87. The van der Waals surface area contributed by atoms with Gasteiger partial charge in [-0.3, -0.25) is 4.79 Å². The van der Waals surface area contributed by atoms with Gasteiger partial charge in [-0.05, 0) is 55.3 Å². The lowest BCUT2D eigenvalue weighted by Crippen LogP contribution is -2.01. The minimum Gasteiger partial charge on any atom is -0.490 e. The van der Waals surface area contributed by atoms with Crippen LogP contribution in [0.4, 0.5) is 0 Å². The van der Waals surface area contributed by atoms with Gasteiger partial charge >= 0.3 is 0 Å². The van der Waals surface area contributed by atoms with Gasteiger partial charge in [-0.15, -0.1) is 0 Å². The molecule has 142 valence electrons. The van der Waals surface area contributed by atoms with Crippen LogP contribution in [-0.4, -0.2) is 25.8 Å². The molecule has 2 aromatic rings. The number of allylic oxidation sites excluding steroid dienone is 1. The number of rotatable bonds is 8. The third kappa shape index (κ3) is 4.55. The molecule has 27 heavy (non-hydrogen) atoms. The van der Waals surface area contributed by atoms with Gasteiger partial charge in [-0.1, -0.05) is 24.6 Å². The largest absolute Gasteiger partial charge is 0.490 e. The lowest BCUT2D eigenvalue weighted by atomic mass is 10.1. The normalized spacial score (nSPS) is 12.4. The molecular formula is C21H21ClO5. The first-order valence-electron chi connectivity index (χ1n) is 8.83. The molecule has 0 bridgehead atoms. The Morgan fingerprint density at radius 3 is 2.74 bits per heavy atom. The zero-order chi connectivity index (χ0) is 19.2. The average molecular weight is 389 g/mol. The van der Waals surface area contributed by atoms with E-state index in [9.17, 15) is 4.79 Å². The first kappa shape index (κ1) is 19.1. The van der Waals surface area contributed by atoms with Crippen LogP contribution in [0.3, 0.4) is 0 Å². The quantitative estimate of drug-likeness (QED) is 0.462. The van der Waals surface area contributed by atoms with Crippen LogP contribution in [0, 0.1) is 0 Å². The number of ether oxygens (including phenoxy) is 4. The van der Waals surface area contributed by atoms with Gasteiger partial charge in [0.15, 0.2) is 28.8 Å². The molecule has 0 fully saturated rings. The van der Waals surface area contributed by atoms with Crippen LogP contribution >= 0.6 is 11.6 Å². The van der Waals surface area contributed by atoms with E-state index in [1.807, 2.05) is 19.9 Å². The molecular weight excluding hydrogens is 368 g/mol. The molecule has 0 saturated heterocycles. The molecule has 0 atom stereocenters. The van der Waals surface area contributed by atoms with Gasteiger partial charge in [0.1, 0.15) is 0 Å². The Morgan fingerprint density at radius 2 is 1.96 bits per heavy atom. The highest BCUT2D eigenvalue weighted by Gasteiger charge is 2.15. The summed E-state index contributed by atoms with van der Waals surface area (Å²) in [7, 11) is 0. The SMILES string of the molecule is CCCOc1c(Cl)cc(/C=C/C(=O)c2ccc3c(c2)OCO3)cc1OCC. The summed E-state index contributed by atoms with van der Waals surface area (Å²) in [5.41, 5.74) is 1.27. The van der Waals surface area contributed by atoms with Crippen molar-refractivity contribution < 1.29 is 23.7 Å². The Morgan fingerprint density at radius 1 is 1.15 bits per heavy atom. The van der Waals surface area contributed by atoms with Crippen molar-refractivity contribution in [1.82, 2.24) is 0 Å². The highest BCUT2D eigenvalue weighted by Crippen LogP contribution is 2.37. The van der Waals surface area contributed by atoms with Gasteiger partial charge in [0.25, 0.3) is 0 Å². The summed E-state index contributed by atoms with van der Waals surface area (Å²) in [6.45, 7) is 5.13. The van der Waals surface area contributed by atoms with E-state index in [0.717, 1.165) is 12.0 Å². The van der Waals surface area contributed by atoms with Crippen molar-refractivity contribution in [2.45, 2.75) is 20.3 Å². The number of carbonyl (C=O) groups excluding carboxylic acids is 1. The van der Waals surface area contributed by atoms with Crippen molar-refractivity contribution in [3.05, 3.63) is 52.6 Å². The summed E-state index contributed by atoms with van der Waals surface area (Å²) in [6.07, 6.45) is 4.06. The van der Waals surface area contributed by atoms with Crippen LogP contribution in [0.1, 0.15) is 36.2 Å². The molecule has 1 aliphatic rings. The highest BCUT2D eigenvalue weighted by atomic mass is 35.5. The van der Waals surface area contributed by atoms with Crippen LogP contribution in [0.2, 0.25) is 5.02 Å². The summed E-state index contributed by atoms with van der Waals surface area (Å²) in [5, 5.41) is 0.449. The van der Waals surface area contributed by atoms with E-state index >= 15 is 0 Å². The topological polar surface area (TPSA) is 54.0 Å². The Kier molecular flexibility index (Phi) is 6.24. The number of hydrogen-bond donors (Lipinski definition) is 0. The van der Waals surface area contributed by atoms with Crippen molar-refractivity contribution in [2.24, 2.45) is 0 Å². The Bertz CT molecular complexity index is 860. The van der Waals surface area contributed by atoms with E-state index in [-0.39, 0.29) is 12.6 Å². The number of hydrogen-bond acceptors (Lipinski definition) is 5. The fraction of sp³-hybridized carbons (Fsp3) is 0.286. The molecule has 0 radical (unpaired) electrons. The van der Waals surface area contributed by atoms with Crippen LogP contribution in [0.15, 0.2) is 36.4 Å². The van der Waals surface area contributed by atoms with Gasteiger partial charge in [-0.25, -0.2) is 0 Å². The molecule has 0 aliphatic carbocycles. The second-order valence-corrected chi connectivity index (χ2v) is 6.28. The summed E-state index contributed by atoms with van der Waals surface area (Å²) in [4.78, 5) is 12.4. The van der Waals surface area contributed by atoms with Gasteiger partial charge in [0.05, 0.1) is 18.2 Å². The smallest absolute Gasteiger partial charge is 0.231 e. The second kappa shape index (κ2) is 8.82. The lowest BCUT2D eigenvalue weighted by Gasteiger charge is -2.14. The van der Waals surface area contributed by atoms with Gasteiger partial charge < -0.3 is 18.9 Å². The molecule has 5 nitrogen and oxygen atoms in total. The van der Waals surface area contributed by atoms with E-state index in [4.69, 9.17) is 30.5 Å². The molecule has 0 saturated carbocycles. The fourth-order valence-corrected chi connectivity index (χ4v) is 2.88. The second-order valence-electron chi connectivity index (χ2n) is 5.88. The zero-order valence-electron chi connectivity index (χ0n) is 15.3. The van der Waals surface area contributed by atoms with E-state index in [1.54, 1.807) is 30.3 Å². The first-order chi connectivity index (χ1) is 13.1. The minimum atomic E-state index is -0.145. The van der Waals surface area contributed by atoms with Crippen LogP contribution in [-0.2, 0) is 0 Å². The monoisotopic (exact) mass is 388 g/mol. The summed E-state index contributed by atoms with van der Waals surface area (Å²) in [6, 6.07) is 8.67. The molecule has 0 amide bonds. The fourth-order valence-electron chi connectivity index (χ4n) is 2.61. The molecule has 0 aromatic heterocycles. The number of halogens is 1. The van der Waals surface area contributed by atoms with Crippen LogP contribution < -0.4 is 18.9 Å². The molecule has 0 spiro atoms. The standard InChI is InChI=1S/C21H21ClO5/c1-3-9-25-21-16(22)10-14(11-20(21)24-4-2)5-7-17(23)15-6-8-18-19(12-15)27-13-26-18/h5-8,10-12H,3-4,9,13H2,1-2H3/b7-5+. The molecule has 2 aromatic carbocycles. The molecule has 1 heterocycles. The maximum Gasteiger partial charge on any atom is 0.231 e. The highest BCUT2D eigenvalue weighted by molar-refractivity contribution is 6.32. The first-order valence-corrected chi connectivity index (χ1v) is 9.21. The number of ketones is 1. The van der Waals surface area contributed by atoms with E-state index in [0.29, 0.717) is 46.8 Å². The number of fused-ring (bicyclic) bond motifs is 1. The maximum atomic E-state index is 12.4. The summed E-state index contributed by atoms with van der Waals surface area (Å²) in [5.74, 6) is 2.17. The zero-order valence-corrected chi connectivity index (χ0v) is 16.0. The van der Waals surface area contributed by atoms with Gasteiger partial charge in [0.2, 0.25) is 6.79 Å². The number of carbonyl (C=O) groups is 1. The minimum absolute atomic E-state index is 0.145. The van der Waals surface area contributed by atoms with Crippen molar-refractivity contribution in [2.75, 3.05) is 20.0 Å². The lowest BCUT2D eigenvalue weighted by molar-refractivity contribution is 0.104. The third-order valence-corrected chi connectivity index (χ3v) is 4.15. The van der Waals surface area contributed by atoms with E-state index in [2.05, 4.69) is 0 Å². The maximum absolute atomic E-state index is 12.4. The molecule has 0 unspecified atom stereocenters. The van der Waals surface area contributed by atoms with Gasteiger partial charge in [0, 0.05) is 5.56 Å². The van der Waals surface area contributed by atoms with Crippen molar-refractivity contribution in [3.8, 4) is 23.0 Å². The van der Waals surface area contributed by atoms with Crippen molar-refractivity contribution >= 4 is 23.5 Å². The number of benzene rings is 2. The summed E-state index contributed by atoms with van der Waals surface area (Å²) < 4.78 is 21.9. The van der Waals surface area contributed by atoms with Crippen molar-refractivity contribution in [3.63, 3.8) is 0 Å².